The van der Waals surface area contributed by atoms with Crippen molar-refractivity contribution in [2.45, 2.75) is 66.6 Å². The van der Waals surface area contributed by atoms with Crippen molar-refractivity contribution >= 4 is 11.0 Å². The maximum Gasteiger partial charge on any atom is 0.149 e. The van der Waals surface area contributed by atoms with Gasteiger partial charge in [0.15, 0.2) is 0 Å². The van der Waals surface area contributed by atoms with Gasteiger partial charge in [0.25, 0.3) is 0 Å². The topological polar surface area (TPSA) is 39.9 Å². The largest absolute Gasteiger partial charge is 0.496 e. The first-order valence-corrected chi connectivity index (χ1v) is 21.6. The third-order valence-electron chi connectivity index (χ3n) is 12.1. The average Bonchev–Trinajstić information content (AvgIpc) is 3.70. The van der Waals surface area contributed by atoms with Crippen molar-refractivity contribution in [2.75, 3.05) is 7.11 Å². The Balaban J connectivity index is 1.34. The molecule has 4 heteroatoms. The van der Waals surface area contributed by atoms with Crippen LogP contribution >= 0.6 is 0 Å². The van der Waals surface area contributed by atoms with Gasteiger partial charge in [-0.1, -0.05) is 144 Å². The lowest BCUT2D eigenvalue weighted by Gasteiger charge is -2.22. The summed E-state index contributed by atoms with van der Waals surface area (Å²) < 4.78 is 43.3. The number of hydrogen-bond donors (Lipinski definition) is 0. The first-order chi connectivity index (χ1) is 31.9. The summed E-state index contributed by atoms with van der Waals surface area (Å²) in [6, 6.07) is 53.4. The van der Waals surface area contributed by atoms with Gasteiger partial charge < -0.3 is 4.74 Å². The predicted octanol–water partition coefficient (Wildman–Crippen LogP) is 15.8. The fraction of sp³-hybridized carbons (Fsp3) is 0.186. The molecule has 0 aliphatic carbocycles. The lowest BCUT2D eigenvalue weighted by atomic mass is 9.83. The molecule has 2 heterocycles. The third kappa shape index (κ3) is 7.98. The number of fused-ring (bicyclic) bond motifs is 1. The number of benzene rings is 7. The van der Waals surface area contributed by atoms with E-state index in [4.69, 9.17) is 20.2 Å². The van der Waals surface area contributed by atoms with Crippen LogP contribution in [-0.2, 0) is 5.41 Å². The number of aromatic nitrogens is 3. The van der Waals surface area contributed by atoms with E-state index < -0.39 is 12.7 Å². The standard InChI is InChI=1S/C59H55N3O/c1-37(2)41-23-25-42(26-24-41)45-27-28-60-53(35-45)47-32-46(33-48(34-47)59(6,7)8)49-21-16-22-54-56(49)61-58(52-30-38(3)29-40(5)57(52)63-9)62(54)55-36-50(43-17-12-10-13-18-43)39(4)31-51(55)44-19-14-11-15-20-44/h10-37H,1-9H3/i4D3,37D. The Bertz CT molecular complexity index is 3290. The minimum absolute atomic E-state index is 0.199. The molecule has 0 spiro atoms. The summed E-state index contributed by atoms with van der Waals surface area (Å²) in [5.41, 5.74) is 16.5. The molecule has 4 nitrogen and oxygen atoms in total. The second-order valence-corrected chi connectivity index (χ2v) is 17.8. The zero-order valence-corrected chi connectivity index (χ0v) is 37.3. The number of methoxy groups -OCH3 is 1. The molecule has 63 heavy (non-hydrogen) atoms. The van der Waals surface area contributed by atoms with Crippen molar-refractivity contribution in [3.05, 3.63) is 192 Å². The van der Waals surface area contributed by atoms with Crippen LogP contribution in [0.15, 0.2) is 164 Å². The summed E-state index contributed by atoms with van der Waals surface area (Å²) in [5.74, 6) is 0.703. The van der Waals surface area contributed by atoms with E-state index in [1.807, 2.05) is 111 Å². The second kappa shape index (κ2) is 16.7. The Morgan fingerprint density at radius 1 is 0.603 bits per heavy atom. The molecule has 0 amide bonds. The number of ether oxygens (including phenoxy) is 1. The van der Waals surface area contributed by atoms with Crippen molar-refractivity contribution in [1.29, 1.82) is 0 Å². The van der Waals surface area contributed by atoms with Gasteiger partial charge in [-0.15, -0.1) is 0 Å². The molecule has 0 saturated heterocycles. The van der Waals surface area contributed by atoms with Crippen molar-refractivity contribution in [1.82, 2.24) is 14.5 Å². The molecule has 0 N–H and O–H groups in total. The molecule has 0 atom stereocenters. The number of rotatable bonds is 9. The molecule has 0 unspecified atom stereocenters. The van der Waals surface area contributed by atoms with Crippen molar-refractivity contribution in [3.8, 4) is 78.6 Å². The van der Waals surface area contributed by atoms with E-state index in [2.05, 4.69) is 106 Å². The molecule has 7 aromatic carbocycles. The zero-order chi connectivity index (χ0) is 47.4. The third-order valence-corrected chi connectivity index (χ3v) is 12.1. The molecule has 0 aliphatic rings. The van der Waals surface area contributed by atoms with Crippen LogP contribution in [0, 0.1) is 20.7 Å². The Labute approximate surface area is 378 Å². The van der Waals surface area contributed by atoms with Crippen LogP contribution in [0.2, 0.25) is 0 Å². The Kier molecular flexibility index (Phi) is 9.69. The maximum atomic E-state index is 8.81. The lowest BCUT2D eigenvalue weighted by Crippen LogP contribution is -2.11. The highest BCUT2D eigenvalue weighted by Gasteiger charge is 2.25. The number of aryl methyl sites for hydroxylation is 3. The van der Waals surface area contributed by atoms with Crippen molar-refractivity contribution in [2.24, 2.45) is 0 Å². The molecule has 312 valence electrons. The lowest BCUT2D eigenvalue weighted by molar-refractivity contribution is 0.413. The van der Waals surface area contributed by atoms with Gasteiger partial charge in [-0.2, -0.15) is 0 Å². The highest BCUT2D eigenvalue weighted by atomic mass is 16.5. The molecule has 0 saturated carbocycles. The molecule has 0 bridgehead atoms. The van der Waals surface area contributed by atoms with Gasteiger partial charge in [0.2, 0.25) is 0 Å². The fourth-order valence-corrected chi connectivity index (χ4v) is 8.75. The minimum atomic E-state index is -2.40. The van der Waals surface area contributed by atoms with Crippen LogP contribution < -0.4 is 4.74 Å². The highest BCUT2D eigenvalue weighted by molar-refractivity contribution is 5.98. The molecular weight excluding hydrogens is 767 g/mol. The maximum absolute atomic E-state index is 8.81. The minimum Gasteiger partial charge on any atom is -0.496 e. The van der Waals surface area contributed by atoms with Gasteiger partial charge in [0.1, 0.15) is 11.6 Å². The second-order valence-electron chi connectivity index (χ2n) is 17.8. The molecule has 9 aromatic rings. The molecule has 2 aromatic heterocycles. The van der Waals surface area contributed by atoms with Gasteiger partial charge in [0, 0.05) is 28.4 Å². The summed E-state index contributed by atoms with van der Waals surface area (Å²) in [4.78, 5) is 10.6. The van der Waals surface area contributed by atoms with E-state index in [0.717, 1.165) is 94.7 Å². The Hall–Kier alpha value is -7.04. The van der Waals surface area contributed by atoms with E-state index in [1.165, 1.54) is 0 Å². The summed E-state index contributed by atoms with van der Waals surface area (Å²) in [6.45, 7) is 12.2. The number of hydrogen-bond acceptors (Lipinski definition) is 3. The zero-order valence-electron chi connectivity index (χ0n) is 41.3. The predicted molar refractivity (Wildman–Crippen MR) is 265 cm³/mol. The molecular formula is C59H55N3O. The summed E-state index contributed by atoms with van der Waals surface area (Å²) in [6.07, 6.45) is 1.87. The van der Waals surface area contributed by atoms with Crippen LogP contribution in [0.4, 0.5) is 0 Å². The van der Waals surface area contributed by atoms with Crippen LogP contribution in [0.1, 0.15) is 73.8 Å². The van der Waals surface area contributed by atoms with Crippen LogP contribution in [0.5, 0.6) is 5.75 Å². The monoisotopic (exact) mass is 825 g/mol. The summed E-state index contributed by atoms with van der Waals surface area (Å²) in [7, 11) is 1.70. The Morgan fingerprint density at radius 2 is 1.30 bits per heavy atom. The number of nitrogens with zero attached hydrogens (tertiary/aromatic N) is 3. The van der Waals surface area contributed by atoms with Crippen LogP contribution in [-0.4, -0.2) is 21.6 Å². The Morgan fingerprint density at radius 3 is 1.97 bits per heavy atom. The van der Waals surface area contributed by atoms with Gasteiger partial charge in [-0.25, -0.2) is 4.98 Å². The quantitative estimate of drug-likeness (QED) is 0.146. The molecule has 0 aliphatic heterocycles. The average molecular weight is 826 g/mol. The van der Waals surface area contributed by atoms with Crippen LogP contribution in [0.3, 0.4) is 0 Å². The number of para-hydroxylation sites is 1. The van der Waals surface area contributed by atoms with E-state index >= 15 is 0 Å². The van der Waals surface area contributed by atoms with Crippen molar-refractivity contribution < 1.29 is 10.2 Å². The smallest absolute Gasteiger partial charge is 0.149 e. The van der Waals surface area contributed by atoms with E-state index in [0.29, 0.717) is 17.1 Å². The van der Waals surface area contributed by atoms with Crippen molar-refractivity contribution in [3.63, 3.8) is 0 Å². The summed E-state index contributed by atoms with van der Waals surface area (Å²) >= 11 is 0. The van der Waals surface area contributed by atoms with E-state index in [9.17, 15) is 0 Å². The van der Waals surface area contributed by atoms with Gasteiger partial charge in [-0.05, 0) is 142 Å². The SMILES string of the molecule is [2H]C([2H])([2H])c1cc(-c2ccccc2)c(-n2c(-c3cc(C)cc(C)c3OC)nc3c(-c4cc(-c5cc(-c6ccc(C([2H])(C)C)cc6)ccn5)cc(C(C)(C)C)c4)cccc32)cc1-c1ccccc1. The summed E-state index contributed by atoms with van der Waals surface area (Å²) in [5, 5.41) is 0. The van der Waals surface area contributed by atoms with Gasteiger partial charge in [-0.3, -0.25) is 9.55 Å². The normalized spacial score (nSPS) is 13.0. The first kappa shape index (κ1) is 36.6. The molecule has 9 rings (SSSR count). The number of imidazole rings is 1. The van der Waals surface area contributed by atoms with E-state index in [1.54, 1.807) is 7.11 Å². The van der Waals surface area contributed by atoms with Crippen LogP contribution in [0.25, 0.3) is 83.9 Å². The van der Waals surface area contributed by atoms with E-state index in [-0.39, 0.29) is 11.0 Å². The molecule has 0 fully saturated rings. The number of pyridine rings is 1. The molecule has 0 radical (unpaired) electrons. The highest BCUT2D eigenvalue weighted by Crippen LogP contribution is 2.44. The van der Waals surface area contributed by atoms with Gasteiger partial charge in [0.05, 0.1) is 35.1 Å². The van der Waals surface area contributed by atoms with Gasteiger partial charge >= 0.3 is 0 Å². The first-order valence-electron chi connectivity index (χ1n) is 23.6. The fourth-order valence-electron chi connectivity index (χ4n) is 8.75.